The van der Waals surface area contributed by atoms with Crippen molar-refractivity contribution < 1.29 is 4.57 Å². The number of fused-ring (bicyclic) bond motifs is 1. The highest BCUT2D eigenvalue weighted by molar-refractivity contribution is 8.03. The van der Waals surface area contributed by atoms with E-state index in [0.29, 0.717) is 0 Å². The first-order chi connectivity index (χ1) is 12.2. The second kappa shape index (κ2) is 6.70. The van der Waals surface area contributed by atoms with Crippen LogP contribution >= 0.6 is 23.1 Å². The molecule has 0 amide bonds. The number of hydrogen-bond donors (Lipinski definition) is 0. The van der Waals surface area contributed by atoms with Crippen LogP contribution in [-0.2, 0) is 7.05 Å². The summed E-state index contributed by atoms with van der Waals surface area (Å²) in [5.74, 6) is 0. The molecule has 3 aromatic rings. The summed E-state index contributed by atoms with van der Waals surface area (Å²) in [4.78, 5) is 5.05. The minimum absolute atomic E-state index is 0.982. The number of anilines is 1. The van der Waals surface area contributed by atoms with E-state index in [2.05, 4.69) is 91.2 Å². The zero-order valence-electron chi connectivity index (χ0n) is 14.7. The van der Waals surface area contributed by atoms with Crippen molar-refractivity contribution >= 4 is 34.9 Å². The average molecular weight is 366 g/mol. The lowest BCUT2D eigenvalue weighted by atomic mass is 10.1. The number of para-hydroxylation sites is 1. The van der Waals surface area contributed by atoms with E-state index in [-0.39, 0.29) is 0 Å². The van der Waals surface area contributed by atoms with Gasteiger partial charge in [0, 0.05) is 17.0 Å². The Balaban J connectivity index is 1.72. The van der Waals surface area contributed by atoms with Crippen LogP contribution in [-0.4, -0.2) is 6.54 Å². The molecule has 0 spiro atoms. The van der Waals surface area contributed by atoms with Gasteiger partial charge < -0.3 is 4.90 Å². The highest BCUT2D eigenvalue weighted by atomic mass is 32.2. The third-order valence-corrected chi connectivity index (χ3v) is 6.76. The van der Waals surface area contributed by atoms with Gasteiger partial charge in [-0.1, -0.05) is 59.5 Å². The van der Waals surface area contributed by atoms with Crippen molar-refractivity contribution in [2.75, 3.05) is 11.4 Å². The molecule has 25 heavy (non-hydrogen) atoms. The normalized spacial score (nSPS) is 15.0. The molecular formula is C21H21N2S2+. The maximum absolute atomic E-state index is 2.40. The molecule has 2 heterocycles. The van der Waals surface area contributed by atoms with E-state index in [1.807, 2.05) is 23.1 Å². The third-order valence-electron chi connectivity index (χ3n) is 4.48. The Morgan fingerprint density at radius 1 is 1.08 bits per heavy atom. The monoisotopic (exact) mass is 365 g/mol. The molecule has 2 nitrogen and oxygen atoms in total. The van der Waals surface area contributed by atoms with Gasteiger partial charge in [-0.3, -0.25) is 0 Å². The average Bonchev–Trinajstić information content (AvgIpc) is 3.15. The fraction of sp³-hybridized carbons (Fsp3) is 0.190. The lowest BCUT2D eigenvalue weighted by molar-refractivity contribution is -0.667. The van der Waals surface area contributed by atoms with Gasteiger partial charge in [0.2, 0.25) is 0 Å². The summed E-state index contributed by atoms with van der Waals surface area (Å²) < 4.78 is 2.23. The Labute approximate surface area is 157 Å². The highest BCUT2D eigenvalue weighted by Crippen LogP contribution is 2.46. The second-order valence-corrected chi connectivity index (χ2v) is 8.28. The Morgan fingerprint density at radius 2 is 1.84 bits per heavy atom. The van der Waals surface area contributed by atoms with E-state index in [4.69, 9.17) is 0 Å². The smallest absolute Gasteiger partial charge is 0.264 e. The standard InChI is InChI=1S/C21H21N2S2/c1-4-23-17-11-7-8-12-18(17)24-21(23)13-20-22(3)14-19(25-20)16-10-6-5-9-15(16)2/h5-14H,4H2,1-3H3/q+1. The van der Waals surface area contributed by atoms with Crippen molar-refractivity contribution in [2.45, 2.75) is 18.7 Å². The Bertz CT molecular complexity index is 956. The van der Waals surface area contributed by atoms with E-state index in [1.54, 1.807) is 0 Å². The van der Waals surface area contributed by atoms with Crippen LogP contribution in [0, 0.1) is 6.92 Å². The van der Waals surface area contributed by atoms with Crippen molar-refractivity contribution in [2.24, 2.45) is 7.05 Å². The molecule has 0 bridgehead atoms. The van der Waals surface area contributed by atoms with E-state index < -0.39 is 0 Å². The molecule has 4 heteroatoms. The fourth-order valence-electron chi connectivity index (χ4n) is 3.15. The van der Waals surface area contributed by atoms with Crippen LogP contribution in [0.2, 0.25) is 0 Å². The molecular weight excluding hydrogens is 344 g/mol. The molecule has 0 unspecified atom stereocenters. The predicted molar refractivity (Wildman–Crippen MR) is 109 cm³/mol. The minimum Gasteiger partial charge on any atom is -0.335 e. The molecule has 0 fully saturated rings. The molecule has 0 atom stereocenters. The predicted octanol–water partition coefficient (Wildman–Crippen LogP) is 5.48. The van der Waals surface area contributed by atoms with Crippen LogP contribution in [0.1, 0.15) is 17.5 Å². The van der Waals surface area contributed by atoms with Crippen molar-refractivity contribution in [1.82, 2.24) is 0 Å². The second-order valence-electron chi connectivity index (χ2n) is 6.16. The first-order valence-electron chi connectivity index (χ1n) is 8.49. The summed E-state index contributed by atoms with van der Waals surface area (Å²) in [5.41, 5.74) is 3.96. The minimum atomic E-state index is 0.982. The van der Waals surface area contributed by atoms with Crippen LogP contribution in [0.15, 0.2) is 64.7 Å². The zero-order valence-corrected chi connectivity index (χ0v) is 16.3. The van der Waals surface area contributed by atoms with Crippen LogP contribution in [0.3, 0.4) is 0 Å². The van der Waals surface area contributed by atoms with Gasteiger partial charge in [-0.15, -0.1) is 0 Å². The fourth-order valence-corrected chi connectivity index (χ4v) is 5.53. The molecule has 1 aliphatic rings. The molecule has 4 rings (SSSR count). The Morgan fingerprint density at radius 3 is 2.64 bits per heavy atom. The number of rotatable bonds is 3. The van der Waals surface area contributed by atoms with Gasteiger partial charge in [-0.2, -0.15) is 4.57 Å². The lowest BCUT2D eigenvalue weighted by Crippen LogP contribution is -2.28. The molecule has 126 valence electrons. The summed E-state index contributed by atoms with van der Waals surface area (Å²) in [6.07, 6.45) is 4.56. The summed E-state index contributed by atoms with van der Waals surface area (Å²) >= 11 is 3.71. The first kappa shape index (κ1) is 16.4. The zero-order chi connectivity index (χ0) is 17.4. The summed E-state index contributed by atoms with van der Waals surface area (Å²) in [6, 6.07) is 17.2. The van der Waals surface area contributed by atoms with Gasteiger partial charge in [0.1, 0.15) is 11.9 Å². The molecule has 0 saturated carbocycles. The van der Waals surface area contributed by atoms with Crippen LogP contribution in [0.5, 0.6) is 0 Å². The maximum atomic E-state index is 2.40. The van der Waals surface area contributed by atoms with E-state index in [1.165, 1.54) is 36.6 Å². The van der Waals surface area contributed by atoms with Crippen molar-refractivity contribution in [3.05, 3.63) is 70.3 Å². The maximum Gasteiger partial charge on any atom is 0.264 e. The number of nitrogens with zero attached hydrogens (tertiary/aromatic N) is 2. The Hall–Kier alpha value is -2.04. The number of thiazole rings is 1. The van der Waals surface area contributed by atoms with Gasteiger partial charge in [0.25, 0.3) is 5.01 Å². The highest BCUT2D eigenvalue weighted by Gasteiger charge is 2.25. The number of aromatic nitrogens is 1. The Kier molecular flexibility index (Phi) is 4.40. The molecule has 1 aliphatic heterocycles. The van der Waals surface area contributed by atoms with Crippen LogP contribution in [0.4, 0.5) is 5.69 Å². The van der Waals surface area contributed by atoms with Gasteiger partial charge in [-0.25, -0.2) is 0 Å². The van der Waals surface area contributed by atoms with Gasteiger partial charge in [0.15, 0.2) is 6.20 Å². The van der Waals surface area contributed by atoms with Gasteiger partial charge in [-0.05, 0) is 31.5 Å². The molecule has 1 aromatic heterocycles. The molecule has 0 saturated heterocycles. The lowest BCUT2D eigenvalue weighted by Gasteiger charge is -2.17. The van der Waals surface area contributed by atoms with Crippen molar-refractivity contribution in [3.8, 4) is 10.4 Å². The van der Waals surface area contributed by atoms with Gasteiger partial charge in [0.05, 0.1) is 16.8 Å². The number of aryl methyl sites for hydroxylation is 2. The van der Waals surface area contributed by atoms with E-state index in [0.717, 1.165) is 6.54 Å². The van der Waals surface area contributed by atoms with E-state index in [9.17, 15) is 0 Å². The summed E-state index contributed by atoms with van der Waals surface area (Å²) in [7, 11) is 2.13. The SMILES string of the molecule is CCN1C(=Cc2sc(-c3ccccc3C)c[n+]2C)Sc2ccccc21. The van der Waals surface area contributed by atoms with Crippen LogP contribution < -0.4 is 9.47 Å². The molecule has 0 aliphatic carbocycles. The first-order valence-corrected chi connectivity index (χ1v) is 10.1. The van der Waals surface area contributed by atoms with Crippen molar-refractivity contribution in [1.29, 1.82) is 0 Å². The topological polar surface area (TPSA) is 7.12 Å². The largest absolute Gasteiger partial charge is 0.335 e. The molecule has 0 N–H and O–H groups in total. The number of thioether (sulfide) groups is 1. The van der Waals surface area contributed by atoms with Gasteiger partial charge >= 0.3 is 0 Å². The van der Waals surface area contributed by atoms with E-state index >= 15 is 0 Å². The molecule has 0 radical (unpaired) electrons. The van der Waals surface area contributed by atoms with Crippen LogP contribution in [0.25, 0.3) is 16.5 Å². The summed E-state index contributed by atoms with van der Waals surface area (Å²) in [5, 5.41) is 2.57. The third kappa shape index (κ3) is 3.00. The summed E-state index contributed by atoms with van der Waals surface area (Å²) in [6.45, 7) is 5.37. The number of benzene rings is 2. The van der Waals surface area contributed by atoms with Crippen molar-refractivity contribution in [3.63, 3.8) is 0 Å². The quantitative estimate of drug-likeness (QED) is 0.568. The number of hydrogen-bond acceptors (Lipinski definition) is 3. The molecule has 2 aromatic carbocycles.